The van der Waals surface area contributed by atoms with Gasteiger partial charge in [0.15, 0.2) is 0 Å². The van der Waals surface area contributed by atoms with Gasteiger partial charge in [0.25, 0.3) is 0 Å². The Morgan fingerprint density at radius 2 is 2.20 bits per heavy atom. The Morgan fingerprint density at radius 3 is 2.73 bits per heavy atom. The van der Waals surface area contributed by atoms with Gasteiger partial charge in [-0.15, -0.1) is 0 Å². The van der Waals surface area contributed by atoms with E-state index in [9.17, 15) is 4.79 Å². The molecular weight excluding hydrogens is 192 g/mol. The third-order valence-electron chi connectivity index (χ3n) is 3.10. The molecule has 1 unspecified atom stereocenters. The SMILES string of the molecule is CC(C)(C)OC(=O)N[C@H]1CCCC12CN2. The first-order valence-corrected chi connectivity index (χ1v) is 5.66. The molecule has 2 atom stereocenters. The number of hydrogen-bond donors (Lipinski definition) is 2. The van der Waals surface area contributed by atoms with E-state index in [1.54, 1.807) is 0 Å². The van der Waals surface area contributed by atoms with Crippen molar-refractivity contribution < 1.29 is 9.53 Å². The second-order valence-corrected chi connectivity index (χ2v) is 5.60. The maximum atomic E-state index is 11.6. The van der Waals surface area contributed by atoms with Crippen LogP contribution in [0.25, 0.3) is 0 Å². The molecule has 1 heterocycles. The van der Waals surface area contributed by atoms with Crippen LogP contribution in [0.5, 0.6) is 0 Å². The van der Waals surface area contributed by atoms with E-state index in [1.165, 1.54) is 12.8 Å². The molecular formula is C11H20N2O2. The van der Waals surface area contributed by atoms with Crippen LogP contribution < -0.4 is 10.6 Å². The lowest BCUT2D eigenvalue weighted by molar-refractivity contribution is 0.0498. The largest absolute Gasteiger partial charge is 0.444 e. The van der Waals surface area contributed by atoms with Gasteiger partial charge in [0.05, 0.1) is 11.6 Å². The van der Waals surface area contributed by atoms with E-state index >= 15 is 0 Å². The zero-order valence-corrected chi connectivity index (χ0v) is 9.72. The Morgan fingerprint density at radius 1 is 1.53 bits per heavy atom. The van der Waals surface area contributed by atoms with Crippen molar-refractivity contribution in [2.75, 3.05) is 6.54 Å². The highest BCUT2D eigenvalue weighted by Gasteiger charge is 2.52. The lowest BCUT2D eigenvalue weighted by Crippen LogP contribution is -2.45. The highest BCUT2D eigenvalue weighted by molar-refractivity contribution is 5.68. The van der Waals surface area contributed by atoms with Gasteiger partial charge in [-0.2, -0.15) is 0 Å². The first-order chi connectivity index (χ1) is 6.91. The molecule has 2 rings (SSSR count). The molecule has 0 bridgehead atoms. The second-order valence-electron chi connectivity index (χ2n) is 5.60. The summed E-state index contributed by atoms with van der Waals surface area (Å²) in [5, 5.41) is 6.32. The minimum Gasteiger partial charge on any atom is -0.444 e. The molecule has 0 radical (unpaired) electrons. The Balaban J connectivity index is 1.84. The van der Waals surface area contributed by atoms with Gasteiger partial charge < -0.3 is 15.4 Å². The van der Waals surface area contributed by atoms with Crippen LogP contribution in [0.1, 0.15) is 40.0 Å². The Labute approximate surface area is 90.8 Å². The van der Waals surface area contributed by atoms with Crippen LogP contribution in [0, 0.1) is 0 Å². The third kappa shape index (κ3) is 2.43. The van der Waals surface area contributed by atoms with Crippen molar-refractivity contribution in [1.29, 1.82) is 0 Å². The number of carbonyl (C=O) groups is 1. The fourth-order valence-electron chi connectivity index (χ4n) is 2.27. The Bertz CT molecular complexity index is 266. The lowest BCUT2D eigenvalue weighted by atomic mass is 10.0. The van der Waals surface area contributed by atoms with Crippen LogP contribution in [0.3, 0.4) is 0 Å². The van der Waals surface area contributed by atoms with Gasteiger partial charge in [-0.1, -0.05) is 0 Å². The summed E-state index contributed by atoms with van der Waals surface area (Å²) in [6, 6.07) is 0.257. The molecule has 2 aliphatic rings. The molecule has 15 heavy (non-hydrogen) atoms. The van der Waals surface area contributed by atoms with Crippen LogP contribution >= 0.6 is 0 Å². The van der Waals surface area contributed by atoms with Crippen molar-refractivity contribution in [1.82, 2.24) is 10.6 Å². The molecule has 0 aromatic heterocycles. The summed E-state index contributed by atoms with van der Waals surface area (Å²) in [5.41, 5.74) is -0.205. The first-order valence-electron chi connectivity index (χ1n) is 5.66. The molecule has 1 saturated carbocycles. The standard InChI is InChI=1S/C11H20N2O2/c1-10(2,3)15-9(14)13-8-5-4-6-11(8)7-12-11/h8,12H,4-7H2,1-3H3,(H,13,14)/t8-,11?/m0/s1. The number of ether oxygens (including phenoxy) is 1. The van der Waals surface area contributed by atoms with Gasteiger partial charge >= 0.3 is 6.09 Å². The van der Waals surface area contributed by atoms with Crippen molar-refractivity contribution in [2.45, 2.75) is 57.2 Å². The average Bonchev–Trinajstić information content (AvgIpc) is 2.70. The van der Waals surface area contributed by atoms with E-state index in [-0.39, 0.29) is 17.7 Å². The minimum atomic E-state index is -0.410. The van der Waals surface area contributed by atoms with Crippen molar-refractivity contribution in [3.63, 3.8) is 0 Å². The topological polar surface area (TPSA) is 60.3 Å². The maximum absolute atomic E-state index is 11.6. The lowest BCUT2D eigenvalue weighted by Gasteiger charge is -2.23. The third-order valence-corrected chi connectivity index (χ3v) is 3.10. The van der Waals surface area contributed by atoms with Crippen molar-refractivity contribution in [3.05, 3.63) is 0 Å². The Kier molecular flexibility index (Phi) is 2.41. The quantitative estimate of drug-likeness (QED) is 0.646. The predicted molar refractivity (Wildman–Crippen MR) is 57.7 cm³/mol. The van der Waals surface area contributed by atoms with Crippen molar-refractivity contribution in [2.24, 2.45) is 0 Å². The van der Waals surface area contributed by atoms with Crippen LogP contribution in [0.15, 0.2) is 0 Å². The predicted octanol–water partition coefficient (Wildman–Crippen LogP) is 1.41. The average molecular weight is 212 g/mol. The molecule has 1 aliphatic carbocycles. The monoisotopic (exact) mass is 212 g/mol. The molecule has 4 heteroatoms. The molecule has 1 aliphatic heterocycles. The molecule has 2 fully saturated rings. The van der Waals surface area contributed by atoms with Gasteiger partial charge in [0, 0.05) is 6.54 Å². The van der Waals surface area contributed by atoms with Gasteiger partial charge in [-0.3, -0.25) is 0 Å². The summed E-state index contributed by atoms with van der Waals surface area (Å²) in [6.45, 7) is 6.68. The van der Waals surface area contributed by atoms with Gasteiger partial charge in [-0.25, -0.2) is 4.79 Å². The normalized spacial score (nSPS) is 34.2. The number of hydrogen-bond acceptors (Lipinski definition) is 3. The summed E-state index contributed by atoms with van der Waals surface area (Å²) in [4.78, 5) is 11.6. The van der Waals surface area contributed by atoms with E-state index in [2.05, 4.69) is 10.6 Å². The van der Waals surface area contributed by atoms with E-state index < -0.39 is 5.60 Å². The minimum absolute atomic E-state index is 0.205. The second kappa shape index (κ2) is 3.37. The maximum Gasteiger partial charge on any atom is 0.407 e. The van der Waals surface area contributed by atoms with Crippen LogP contribution in [0.4, 0.5) is 4.79 Å². The first kappa shape index (κ1) is 10.7. The molecule has 0 aromatic carbocycles. The molecule has 1 amide bonds. The number of carbonyl (C=O) groups excluding carboxylic acids is 1. The fourth-order valence-corrected chi connectivity index (χ4v) is 2.27. The molecule has 2 N–H and O–H groups in total. The summed E-state index contributed by atoms with van der Waals surface area (Å²) >= 11 is 0. The zero-order chi connectivity index (χ0) is 11.1. The Hall–Kier alpha value is -0.770. The van der Waals surface area contributed by atoms with Crippen molar-refractivity contribution in [3.8, 4) is 0 Å². The molecule has 0 aromatic rings. The van der Waals surface area contributed by atoms with Crippen molar-refractivity contribution >= 4 is 6.09 Å². The smallest absolute Gasteiger partial charge is 0.407 e. The summed E-state index contributed by atoms with van der Waals surface area (Å²) < 4.78 is 5.24. The van der Waals surface area contributed by atoms with E-state index in [0.717, 1.165) is 13.0 Å². The number of amides is 1. The summed E-state index contributed by atoms with van der Waals surface area (Å²) in [6.07, 6.45) is 3.13. The molecule has 1 saturated heterocycles. The highest BCUT2D eigenvalue weighted by Crippen LogP contribution is 2.37. The van der Waals surface area contributed by atoms with Crippen LogP contribution in [-0.2, 0) is 4.74 Å². The summed E-state index contributed by atoms with van der Waals surface area (Å²) in [5.74, 6) is 0. The van der Waals surface area contributed by atoms with E-state index in [4.69, 9.17) is 4.74 Å². The van der Waals surface area contributed by atoms with Crippen LogP contribution in [-0.4, -0.2) is 29.8 Å². The number of rotatable bonds is 1. The van der Waals surface area contributed by atoms with E-state index in [1.807, 2.05) is 20.8 Å². The highest BCUT2D eigenvalue weighted by atomic mass is 16.6. The zero-order valence-electron chi connectivity index (χ0n) is 9.72. The van der Waals surface area contributed by atoms with Gasteiger partial charge in [-0.05, 0) is 40.0 Å². The molecule has 4 nitrogen and oxygen atoms in total. The number of nitrogens with one attached hydrogen (secondary N) is 2. The molecule has 86 valence electrons. The molecule has 1 spiro atoms. The number of alkyl carbamates (subject to hydrolysis) is 1. The van der Waals surface area contributed by atoms with Gasteiger partial charge in [0.2, 0.25) is 0 Å². The van der Waals surface area contributed by atoms with E-state index in [0.29, 0.717) is 0 Å². The fraction of sp³-hybridized carbons (Fsp3) is 0.909. The van der Waals surface area contributed by atoms with Gasteiger partial charge in [0.1, 0.15) is 5.60 Å². The van der Waals surface area contributed by atoms with Crippen LogP contribution in [0.2, 0.25) is 0 Å². The summed E-state index contributed by atoms with van der Waals surface area (Å²) in [7, 11) is 0.